The van der Waals surface area contributed by atoms with E-state index in [0.29, 0.717) is 12.2 Å². The van der Waals surface area contributed by atoms with Crippen molar-refractivity contribution in [3.63, 3.8) is 0 Å². The predicted octanol–water partition coefficient (Wildman–Crippen LogP) is 2.59. The SMILES string of the molecule is CC(=O)N1CCCc2cc(S(=O)(=O)NC(C)(C)c3ccccn3)ccc21. The van der Waals surface area contributed by atoms with Crippen LogP contribution >= 0.6 is 0 Å². The van der Waals surface area contributed by atoms with Gasteiger partial charge >= 0.3 is 0 Å². The van der Waals surface area contributed by atoms with Gasteiger partial charge in [0.05, 0.1) is 16.1 Å². The van der Waals surface area contributed by atoms with Crippen LogP contribution in [0.4, 0.5) is 5.69 Å². The van der Waals surface area contributed by atoms with Crippen LogP contribution in [-0.2, 0) is 26.8 Å². The molecule has 1 amide bonds. The van der Waals surface area contributed by atoms with Crippen LogP contribution in [0, 0.1) is 0 Å². The van der Waals surface area contributed by atoms with E-state index in [-0.39, 0.29) is 10.8 Å². The third kappa shape index (κ3) is 3.64. The van der Waals surface area contributed by atoms with Gasteiger partial charge in [0.25, 0.3) is 0 Å². The zero-order valence-corrected chi connectivity index (χ0v) is 16.0. The maximum atomic E-state index is 12.9. The molecule has 0 spiro atoms. The highest BCUT2D eigenvalue weighted by Crippen LogP contribution is 2.30. The van der Waals surface area contributed by atoms with Crippen molar-refractivity contribution >= 4 is 21.6 Å². The summed E-state index contributed by atoms with van der Waals surface area (Å²) in [5.74, 6) is -0.0315. The van der Waals surface area contributed by atoms with Gasteiger partial charge in [0.2, 0.25) is 15.9 Å². The lowest BCUT2D eigenvalue weighted by Gasteiger charge is -2.29. The number of amides is 1. The Morgan fingerprint density at radius 3 is 2.65 bits per heavy atom. The molecule has 26 heavy (non-hydrogen) atoms. The summed E-state index contributed by atoms with van der Waals surface area (Å²) in [5, 5.41) is 0. The van der Waals surface area contributed by atoms with Gasteiger partial charge in [-0.05, 0) is 62.6 Å². The van der Waals surface area contributed by atoms with E-state index in [1.807, 2.05) is 6.07 Å². The summed E-state index contributed by atoms with van der Waals surface area (Å²) in [6.45, 7) is 5.75. The topological polar surface area (TPSA) is 79.4 Å². The molecule has 0 aliphatic carbocycles. The van der Waals surface area contributed by atoms with Gasteiger partial charge in [-0.3, -0.25) is 9.78 Å². The Kier molecular flexibility index (Phi) is 4.86. The number of sulfonamides is 1. The minimum absolute atomic E-state index is 0.0315. The third-order valence-corrected chi connectivity index (χ3v) is 6.21. The number of aryl methyl sites for hydroxylation is 1. The monoisotopic (exact) mass is 373 g/mol. The van der Waals surface area contributed by atoms with Gasteiger partial charge in [-0.15, -0.1) is 0 Å². The van der Waals surface area contributed by atoms with Crippen LogP contribution < -0.4 is 9.62 Å². The summed E-state index contributed by atoms with van der Waals surface area (Å²) in [4.78, 5) is 17.9. The van der Waals surface area contributed by atoms with E-state index >= 15 is 0 Å². The summed E-state index contributed by atoms with van der Waals surface area (Å²) < 4.78 is 28.5. The molecular formula is C19H23N3O3S. The number of nitrogens with zero attached hydrogens (tertiary/aromatic N) is 2. The first-order chi connectivity index (χ1) is 12.2. The Hall–Kier alpha value is -2.25. The standard InChI is InChI=1S/C19H23N3O3S/c1-14(23)22-12-6-7-15-13-16(9-10-17(15)22)26(24,25)21-19(2,3)18-8-4-5-11-20-18/h4-5,8-11,13,21H,6-7,12H2,1-3H3. The normalized spacial score (nSPS) is 14.8. The maximum absolute atomic E-state index is 12.9. The van der Waals surface area contributed by atoms with E-state index in [0.717, 1.165) is 24.1 Å². The third-order valence-electron chi connectivity index (χ3n) is 4.55. The number of aromatic nitrogens is 1. The first-order valence-corrected chi connectivity index (χ1v) is 10.1. The molecule has 2 heterocycles. The number of hydrogen-bond acceptors (Lipinski definition) is 4. The highest BCUT2D eigenvalue weighted by molar-refractivity contribution is 7.89. The van der Waals surface area contributed by atoms with Gasteiger partial charge < -0.3 is 4.90 Å². The molecule has 1 aromatic carbocycles. The first-order valence-electron chi connectivity index (χ1n) is 8.57. The lowest BCUT2D eigenvalue weighted by Crippen LogP contribution is -2.41. The van der Waals surface area contributed by atoms with Crippen LogP contribution in [0.15, 0.2) is 47.5 Å². The highest BCUT2D eigenvalue weighted by atomic mass is 32.2. The first kappa shape index (κ1) is 18.5. The van der Waals surface area contributed by atoms with E-state index < -0.39 is 15.6 Å². The molecule has 6 nitrogen and oxygen atoms in total. The smallest absolute Gasteiger partial charge is 0.241 e. The van der Waals surface area contributed by atoms with E-state index in [1.54, 1.807) is 55.3 Å². The van der Waals surface area contributed by atoms with Gasteiger partial charge in [-0.2, -0.15) is 4.72 Å². The van der Waals surface area contributed by atoms with Gasteiger partial charge in [0.15, 0.2) is 0 Å². The van der Waals surface area contributed by atoms with Crippen molar-refractivity contribution in [3.8, 4) is 0 Å². The number of benzene rings is 1. The van der Waals surface area contributed by atoms with E-state index in [1.165, 1.54) is 6.92 Å². The summed E-state index contributed by atoms with van der Waals surface area (Å²) in [6.07, 6.45) is 3.22. The molecule has 0 fully saturated rings. The number of carbonyl (C=O) groups excluding carboxylic acids is 1. The molecule has 0 unspecified atom stereocenters. The molecule has 3 rings (SSSR count). The van der Waals surface area contributed by atoms with E-state index in [2.05, 4.69) is 9.71 Å². The Bertz CT molecular complexity index is 924. The zero-order chi connectivity index (χ0) is 18.9. The van der Waals surface area contributed by atoms with Crippen LogP contribution in [0.2, 0.25) is 0 Å². The number of carbonyl (C=O) groups is 1. The molecule has 0 saturated heterocycles. The number of pyridine rings is 1. The van der Waals surface area contributed by atoms with Gasteiger partial charge in [0, 0.05) is 25.4 Å². The molecule has 7 heteroatoms. The largest absolute Gasteiger partial charge is 0.312 e. The lowest BCUT2D eigenvalue weighted by atomic mass is 10.0. The van der Waals surface area contributed by atoms with E-state index in [4.69, 9.17) is 0 Å². The average molecular weight is 373 g/mol. The van der Waals surface area contributed by atoms with Crippen LogP contribution in [-0.4, -0.2) is 25.9 Å². The maximum Gasteiger partial charge on any atom is 0.241 e. The quantitative estimate of drug-likeness (QED) is 0.893. The summed E-state index contributed by atoms with van der Waals surface area (Å²) in [5.41, 5.74) is 1.47. The molecule has 0 atom stereocenters. The second kappa shape index (κ2) is 6.81. The van der Waals surface area contributed by atoms with Crippen LogP contribution in [0.25, 0.3) is 0 Å². The molecule has 0 radical (unpaired) electrons. The fraction of sp³-hybridized carbons (Fsp3) is 0.368. The summed E-state index contributed by atoms with van der Waals surface area (Å²) in [7, 11) is -3.73. The zero-order valence-electron chi connectivity index (χ0n) is 15.2. The number of fused-ring (bicyclic) bond motifs is 1. The molecule has 2 aromatic rings. The molecule has 1 aliphatic heterocycles. The van der Waals surface area contributed by atoms with Crippen molar-refractivity contribution in [2.24, 2.45) is 0 Å². The molecule has 1 aliphatic rings. The van der Waals surface area contributed by atoms with Crippen molar-refractivity contribution in [1.29, 1.82) is 0 Å². The number of hydrogen-bond donors (Lipinski definition) is 1. The predicted molar refractivity (Wildman–Crippen MR) is 100 cm³/mol. The number of anilines is 1. The van der Waals surface area contributed by atoms with Crippen LogP contribution in [0.5, 0.6) is 0 Å². The van der Waals surface area contributed by atoms with Crippen LogP contribution in [0.3, 0.4) is 0 Å². The second-order valence-corrected chi connectivity index (χ2v) is 8.69. The molecular weight excluding hydrogens is 350 g/mol. The second-order valence-electron chi connectivity index (χ2n) is 7.01. The highest BCUT2D eigenvalue weighted by Gasteiger charge is 2.30. The molecule has 0 bridgehead atoms. The number of nitrogens with one attached hydrogen (secondary N) is 1. The fourth-order valence-corrected chi connectivity index (χ4v) is 4.69. The van der Waals surface area contributed by atoms with Crippen molar-refractivity contribution < 1.29 is 13.2 Å². The molecule has 138 valence electrons. The van der Waals surface area contributed by atoms with Crippen molar-refractivity contribution in [2.75, 3.05) is 11.4 Å². The molecule has 0 saturated carbocycles. The molecule has 1 N–H and O–H groups in total. The Balaban J connectivity index is 1.92. The Morgan fingerprint density at radius 1 is 1.23 bits per heavy atom. The molecule has 1 aromatic heterocycles. The van der Waals surface area contributed by atoms with Crippen molar-refractivity contribution in [2.45, 2.75) is 44.0 Å². The van der Waals surface area contributed by atoms with Crippen LogP contribution in [0.1, 0.15) is 38.4 Å². The van der Waals surface area contributed by atoms with Gasteiger partial charge in [-0.25, -0.2) is 8.42 Å². The van der Waals surface area contributed by atoms with Gasteiger partial charge in [0.1, 0.15) is 0 Å². The van der Waals surface area contributed by atoms with Crippen molar-refractivity contribution in [1.82, 2.24) is 9.71 Å². The Labute approximate surface area is 154 Å². The van der Waals surface area contributed by atoms with Crippen molar-refractivity contribution in [3.05, 3.63) is 53.9 Å². The summed E-state index contributed by atoms with van der Waals surface area (Å²) in [6, 6.07) is 10.3. The number of rotatable bonds is 4. The fourth-order valence-electron chi connectivity index (χ4n) is 3.25. The van der Waals surface area contributed by atoms with Gasteiger partial charge in [-0.1, -0.05) is 6.07 Å². The van der Waals surface area contributed by atoms with E-state index in [9.17, 15) is 13.2 Å². The lowest BCUT2D eigenvalue weighted by molar-refractivity contribution is -0.116. The summed E-state index contributed by atoms with van der Waals surface area (Å²) >= 11 is 0. The minimum Gasteiger partial charge on any atom is -0.312 e. The average Bonchev–Trinajstić information content (AvgIpc) is 2.60. The Morgan fingerprint density at radius 2 is 2.00 bits per heavy atom. The minimum atomic E-state index is -3.73.